The van der Waals surface area contributed by atoms with Crippen molar-refractivity contribution in [1.82, 2.24) is 0 Å². The number of methoxy groups -OCH3 is 1. The van der Waals surface area contributed by atoms with Crippen LogP contribution in [0, 0.1) is 11.3 Å². The van der Waals surface area contributed by atoms with Gasteiger partial charge in [-0.3, -0.25) is 0 Å². The summed E-state index contributed by atoms with van der Waals surface area (Å²) in [6.07, 6.45) is 7.20. The van der Waals surface area contributed by atoms with Crippen LogP contribution in [-0.4, -0.2) is 23.9 Å². The quantitative estimate of drug-likeness (QED) is 0.773. The zero-order valence-corrected chi connectivity index (χ0v) is 13.0. The first kappa shape index (κ1) is 16.0. The molecule has 1 atom stereocenters. The molecule has 18 heavy (non-hydrogen) atoms. The molecule has 1 aliphatic carbocycles. The first-order valence-electron chi connectivity index (χ1n) is 7.54. The van der Waals surface area contributed by atoms with Crippen molar-refractivity contribution in [2.75, 3.05) is 7.11 Å². The summed E-state index contributed by atoms with van der Waals surface area (Å²) in [5.74, 6) is 0.723. The Balaban J connectivity index is 2.49. The summed E-state index contributed by atoms with van der Waals surface area (Å²) in [6, 6.07) is 0. The number of aliphatic hydroxyl groups excluding tert-OH is 1. The van der Waals surface area contributed by atoms with Gasteiger partial charge >= 0.3 is 0 Å². The molecule has 108 valence electrons. The zero-order valence-electron chi connectivity index (χ0n) is 13.0. The molecule has 1 saturated carbocycles. The number of ether oxygens (including phenoxy) is 1. The molecule has 1 aliphatic rings. The predicted molar refractivity (Wildman–Crippen MR) is 76.7 cm³/mol. The van der Waals surface area contributed by atoms with Gasteiger partial charge in [-0.1, -0.05) is 40.5 Å². The molecule has 0 aromatic heterocycles. The van der Waals surface area contributed by atoms with Gasteiger partial charge in [0.05, 0.1) is 11.7 Å². The molecule has 2 nitrogen and oxygen atoms in total. The maximum absolute atomic E-state index is 10.5. The van der Waals surface area contributed by atoms with E-state index in [4.69, 9.17) is 4.74 Å². The summed E-state index contributed by atoms with van der Waals surface area (Å²) in [5.41, 5.74) is 0.145. The standard InChI is InChI=1S/C16H32O2/c1-13(2)7-6-8-14(17)16(18-5)11-9-15(3,4)10-12-16/h13-14,17H,6-12H2,1-5H3. The minimum absolute atomic E-state index is 0.271. The second-order valence-electron chi connectivity index (χ2n) is 7.27. The minimum Gasteiger partial charge on any atom is -0.390 e. The summed E-state index contributed by atoms with van der Waals surface area (Å²) in [7, 11) is 1.77. The molecule has 0 aromatic carbocycles. The average molecular weight is 256 g/mol. The molecule has 0 aromatic rings. The molecule has 0 amide bonds. The highest BCUT2D eigenvalue weighted by molar-refractivity contribution is 4.95. The van der Waals surface area contributed by atoms with E-state index in [1.807, 2.05) is 0 Å². The fourth-order valence-electron chi connectivity index (χ4n) is 3.01. The average Bonchev–Trinajstić information content (AvgIpc) is 2.29. The van der Waals surface area contributed by atoms with Gasteiger partial charge in [-0.15, -0.1) is 0 Å². The van der Waals surface area contributed by atoms with Gasteiger partial charge in [0.25, 0.3) is 0 Å². The summed E-state index contributed by atoms with van der Waals surface area (Å²) in [5, 5.41) is 10.5. The van der Waals surface area contributed by atoms with Crippen molar-refractivity contribution in [2.45, 2.75) is 84.3 Å². The SMILES string of the molecule is COC1(C(O)CCCC(C)C)CCC(C)(C)CC1. The van der Waals surface area contributed by atoms with E-state index in [0.717, 1.165) is 44.4 Å². The van der Waals surface area contributed by atoms with E-state index in [2.05, 4.69) is 27.7 Å². The summed E-state index contributed by atoms with van der Waals surface area (Å²) >= 11 is 0. The molecule has 0 saturated heterocycles. The van der Waals surface area contributed by atoms with Gasteiger partial charge in [0.2, 0.25) is 0 Å². The lowest BCUT2D eigenvalue weighted by Crippen LogP contribution is -2.48. The highest BCUT2D eigenvalue weighted by atomic mass is 16.5. The fourth-order valence-corrected chi connectivity index (χ4v) is 3.01. The Morgan fingerprint density at radius 1 is 1.06 bits per heavy atom. The van der Waals surface area contributed by atoms with Crippen molar-refractivity contribution in [1.29, 1.82) is 0 Å². The third-order valence-electron chi connectivity index (χ3n) is 4.72. The molecule has 1 N–H and O–H groups in total. The van der Waals surface area contributed by atoms with Crippen molar-refractivity contribution in [3.63, 3.8) is 0 Å². The Labute approximate surface area is 113 Å². The molecular formula is C16H32O2. The second-order valence-corrected chi connectivity index (χ2v) is 7.27. The molecule has 0 spiro atoms. The van der Waals surface area contributed by atoms with Gasteiger partial charge in [-0.25, -0.2) is 0 Å². The molecule has 0 bridgehead atoms. The van der Waals surface area contributed by atoms with Crippen LogP contribution in [0.15, 0.2) is 0 Å². The first-order chi connectivity index (χ1) is 8.31. The van der Waals surface area contributed by atoms with Gasteiger partial charge in [0, 0.05) is 7.11 Å². The van der Waals surface area contributed by atoms with E-state index < -0.39 is 0 Å². The lowest BCUT2D eigenvalue weighted by atomic mass is 9.68. The van der Waals surface area contributed by atoms with Crippen LogP contribution in [0.3, 0.4) is 0 Å². The van der Waals surface area contributed by atoms with Crippen molar-refractivity contribution in [3.8, 4) is 0 Å². The van der Waals surface area contributed by atoms with Crippen LogP contribution in [0.1, 0.15) is 72.6 Å². The van der Waals surface area contributed by atoms with E-state index in [1.165, 1.54) is 6.42 Å². The largest absolute Gasteiger partial charge is 0.390 e. The van der Waals surface area contributed by atoms with Crippen LogP contribution >= 0.6 is 0 Å². The number of hydrogen-bond acceptors (Lipinski definition) is 2. The molecule has 2 heteroatoms. The van der Waals surface area contributed by atoms with E-state index in [1.54, 1.807) is 7.11 Å². The zero-order chi connectivity index (χ0) is 13.8. The van der Waals surface area contributed by atoms with Crippen molar-refractivity contribution < 1.29 is 9.84 Å². The van der Waals surface area contributed by atoms with E-state index in [-0.39, 0.29) is 11.7 Å². The maximum atomic E-state index is 10.5. The van der Waals surface area contributed by atoms with Crippen LogP contribution in [0.2, 0.25) is 0 Å². The van der Waals surface area contributed by atoms with Crippen LogP contribution in [0.4, 0.5) is 0 Å². The predicted octanol–water partition coefficient (Wildman–Crippen LogP) is 4.16. The third-order valence-corrected chi connectivity index (χ3v) is 4.72. The Morgan fingerprint density at radius 3 is 2.06 bits per heavy atom. The van der Waals surface area contributed by atoms with Gasteiger partial charge in [0.1, 0.15) is 0 Å². The molecule has 1 unspecified atom stereocenters. The minimum atomic E-state index is -0.294. The van der Waals surface area contributed by atoms with Crippen molar-refractivity contribution in [2.24, 2.45) is 11.3 Å². The van der Waals surface area contributed by atoms with Gasteiger partial charge in [-0.2, -0.15) is 0 Å². The molecule has 0 heterocycles. The van der Waals surface area contributed by atoms with E-state index in [9.17, 15) is 5.11 Å². The highest BCUT2D eigenvalue weighted by Crippen LogP contribution is 2.44. The summed E-state index contributed by atoms with van der Waals surface area (Å²) in [4.78, 5) is 0. The summed E-state index contributed by atoms with van der Waals surface area (Å²) < 4.78 is 5.74. The van der Waals surface area contributed by atoms with E-state index in [0.29, 0.717) is 5.41 Å². The molecule has 1 rings (SSSR count). The number of rotatable bonds is 6. The Morgan fingerprint density at radius 2 is 1.61 bits per heavy atom. The van der Waals surface area contributed by atoms with Crippen molar-refractivity contribution in [3.05, 3.63) is 0 Å². The van der Waals surface area contributed by atoms with Crippen LogP contribution in [-0.2, 0) is 4.74 Å². The van der Waals surface area contributed by atoms with Gasteiger partial charge < -0.3 is 9.84 Å². The third kappa shape index (κ3) is 4.24. The highest BCUT2D eigenvalue weighted by Gasteiger charge is 2.43. The first-order valence-corrected chi connectivity index (χ1v) is 7.54. The fraction of sp³-hybridized carbons (Fsp3) is 1.00. The molecule has 0 aliphatic heterocycles. The molecule has 0 radical (unpaired) electrons. The molecule has 1 fully saturated rings. The second kappa shape index (κ2) is 6.38. The lowest BCUT2D eigenvalue weighted by molar-refractivity contribution is -0.138. The topological polar surface area (TPSA) is 29.5 Å². The Hall–Kier alpha value is -0.0800. The van der Waals surface area contributed by atoms with Crippen LogP contribution < -0.4 is 0 Å². The smallest absolute Gasteiger partial charge is 0.0936 e. The van der Waals surface area contributed by atoms with Crippen molar-refractivity contribution >= 4 is 0 Å². The van der Waals surface area contributed by atoms with Gasteiger partial charge in [0.15, 0.2) is 0 Å². The maximum Gasteiger partial charge on any atom is 0.0936 e. The summed E-state index contributed by atoms with van der Waals surface area (Å²) in [6.45, 7) is 9.11. The molecular weight excluding hydrogens is 224 g/mol. The van der Waals surface area contributed by atoms with Gasteiger partial charge in [-0.05, 0) is 43.4 Å². The Kier molecular flexibility index (Phi) is 5.67. The Bertz CT molecular complexity index is 235. The van der Waals surface area contributed by atoms with Crippen LogP contribution in [0.5, 0.6) is 0 Å². The lowest BCUT2D eigenvalue weighted by Gasteiger charge is -2.45. The van der Waals surface area contributed by atoms with E-state index >= 15 is 0 Å². The monoisotopic (exact) mass is 256 g/mol. The number of aliphatic hydroxyl groups is 1. The van der Waals surface area contributed by atoms with Crippen LogP contribution in [0.25, 0.3) is 0 Å². The number of hydrogen-bond donors (Lipinski definition) is 1. The normalized spacial score (nSPS) is 24.2.